The van der Waals surface area contributed by atoms with Gasteiger partial charge in [-0.1, -0.05) is 30.3 Å². The van der Waals surface area contributed by atoms with Gasteiger partial charge in [-0.3, -0.25) is 9.59 Å². The van der Waals surface area contributed by atoms with E-state index in [2.05, 4.69) is 10.1 Å². The summed E-state index contributed by atoms with van der Waals surface area (Å²) in [6.07, 6.45) is -4.18. The summed E-state index contributed by atoms with van der Waals surface area (Å²) < 4.78 is 66.1. The molecule has 0 saturated heterocycles. The zero-order valence-corrected chi connectivity index (χ0v) is 19.6. The van der Waals surface area contributed by atoms with E-state index in [9.17, 15) is 27.2 Å². The molecule has 0 N–H and O–H groups in total. The van der Waals surface area contributed by atoms with Crippen LogP contribution in [0.5, 0.6) is 5.75 Å². The van der Waals surface area contributed by atoms with Gasteiger partial charge in [0, 0.05) is 18.1 Å². The molecule has 11 heteroatoms. The highest BCUT2D eigenvalue weighted by Crippen LogP contribution is 2.36. The molecule has 7 nitrogen and oxygen atoms in total. The molecule has 0 atom stereocenters. The van der Waals surface area contributed by atoms with Gasteiger partial charge in [0.2, 0.25) is 0 Å². The van der Waals surface area contributed by atoms with E-state index in [4.69, 9.17) is 9.47 Å². The fourth-order valence-electron chi connectivity index (χ4n) is 3.75. The van der Waals surface area contributed by atoms with Crippen LogP contribution in [-0.2, 0) is 22.3 Å². The topological polar surface area (TPSA) is 82.8 Å². The third-order valence-corrected chi connectivity index (χ3v) is 5.46. The second kappa shape index (κ2) is 10.8. The molecule has 2 aromatic carbocycles. The lowest BCUT2D eigenvalue weighted by molar-refractivity contribution is -0.143. The first-order valence-electron chi connectivity index (χ1n) is 11.3. The number of benzene rings is 2. The fraction of sp³-hybridized carbons (Fsp3) is 0.231. The Hall–Kier alpha value is -4.28. The molecule has 0 amide bonds. The molecular weight excluding hydrogens is 494 g/mol. The molecule has 0 aliphatic heterocycles. The van der Waals surface area contributed by atoms with Crippen molar-refractivity contribution in [1.29, 1.82) is 0 Å². The molecule has 0 spiro atoms. The highest BCUT2D eigenvalue weighted by molar-refractivity contribution is 6.05. The minimum atomic E-state index is -4.92. The maximum Gasteiger partial charge on any atom is 0.419 e. The maximum absolute atomic E-state index is 13.9. The summed E-state index contributed by atoms with van der Waals surface area (Å²) in [5.41, 5.74) is -0.551. The Kier molecular flexibility index (Phi) is 7.51. The van der Waals surface area contributed by atoms with Crippen LogP contribution in [-0.4, -0.2) is 33.0 Å². The molecule has 4 aromatic rings. The van der Waals surface area contributed by atoms with Crippen molar-refractivity contribution in [2.24, 2.45) is 0 Å². The maximum atomic E-state index is 13.9. The number of nitrogens with zero attached hydrogens (tertiary/aromatic N) is 3. The standard InChI is InChI=1S/C26H21F4N3O4/c1-2-36-23(35)11-10-21(34)24-22(37-14-16-6-4-3-5-7-16)13-20(33-25(24)31-15-32-33)17-8-9-19(27)18(12-17)26(28,29)30/h3-9,12-13,15H,2,10-11,14H2,1H3. The highest BCUT2D eigenvalue weighted by Gasteiger charge is 2.34. The first-order valence-corrected chi connectivity index (χ1v) is 11.3. The van der Waals surface area contributed by atoms with Crippen molar-refractivity contribution >= 4 is 17.4 Å². The number of ether oxygens (including phenoxy) is 2. The van der Waals surface area contributed by atoms with Crippen LogP contribution in [0.4, 0.5) is 17.6 Å². The van der Waals surface area contributed by atoms with Crippen molar-refractivity contribution in [3.63, 3.8) is 0 Å². The number of alkyl halides is 3. The lowest BCUT2D eigenvalue weighted by atomic mass is 10.0. The Bertz CT molecular complexity index is 1440. The SMILES string of the molecule is CCOC(=O)CCC(=O)c1c(OCc2ccccc2)cc(-c2ccc(F)c(C(F)(F)F)c2)n2ncnc12. The first-order chi connectivity index (χ1) is 17.7. The van der Waals surface area contributed by atoms with E-state index in [-0.39, 0.29) is 54.3 Å². The normalized spacial score (nSPS) is 11.5. The van der Waals surface area contributed by atoms with Gasteiger partial charge >= 0.3 is 12.1 Å². The van der Waals surface area contributed by atoms with Gasteiger partial charge in [0.05, 0.1) is 24.3 Å². The van der Waals surface area contributed by atoms with E-state index in [1.54, 1.807) is 31.2 Å². The average Bonchev–Trinajstić information content (AvgIpc) is 3.35. The molecule has 4 rings (SSSR count). The number of hydrogen-bond donors (Lipinski definition) is 0. The van der Waals surface area contributed by atoms with E-state index in [1.807, 2.05) is 6.07 Å². The van der Waals surface area contributed by atoms with Gasteiger partial charge in [-0.25, -0.2) is 13.9 Å². The number of ketones is 1. The van der Waals surface area contributed by atoms with Gasteiger partial charge in [0.1, 0.15) is 30.1 Å². The number of hydrogen-bond acceptors (Lipinski definition) is 6. The summed E-state index contributed by atoms with van der Waals surface area (Å²) in [5, 5.41) is 4.07. The molecule has 37 heavy (non-hydrogen) atoms. The number of carbonyl (C=O) groups excluding carboxylic acids is 2. The Morgan fingerprint density at radius 3 is 2.49 bits per heavy atom. The van der Waals surface area contributed by atoms with Gasteiger partial charge in [-0.2, -0.15) is 18.3 Å². The van der Waals surface area contributed by atoms with Crippen LogP contribution in [0.2, 0.25) is 0 Å². The lowest BCUT2D eigenvalue weighted by Crippen LogP contribution is -2.12. The third-order valence-electron chi connectivity index (χ3n) is 5.46. The predicted octanol–water partition coefficient (Wildman–Crippen LogP) is 5.66. The molecule has 0 fully saturated rings. The van der Waals surface area contributed by atoms with Crippen LogP contribution >= 0.6 is 0 Å². The largest absolute Gasteiger partial charge is 0.488 e. The monoisotopic (exact) mass is 515 g/mol. The van der Waals surface area contributed by atoms with Crippen molar-refractivity contribution in [1.82, 2.24) is 14.6 Å². The van der Waals surface area contributed by atoms with Gasteiger partial charge in [0.25, 0.3) is 0 Å². The van der Waals surface area contributed by atoms with E-state index in [0.29, 0.717) is 12.1 Å². The third kappa shape index (κ3) is 5.76. The molecule has 0 aliphatic carbocycles. The van der Waals surface area contributed by atoms with Gasteiger partial charge in [0.15, 0.2) is 11.4 Å². The number of halogens is 4. The summed E-state index contributed by atoms with van der Waals surface area (Å²) in [6, 6.07) is 12.9. The second-order valence-corrected chi connectivity index (χ2v) is 7.96. The van der Waals surface area contributed by atoms with Crippen molar-refractivity contribution < 1.29 is 36.6 Å². The lowest BCUT2D eigenvalue weighted by Gasteiger charge is -2.16. The number of pyridine rings is 1. The van der Waals surface area contributed by atoms with Crippen molar-refractivity contribution in [2.45, 2.75) is 32.5 Å². The number of fused-ring (bicyclic) bond motifs is 1. The van der Waals surface area contributed by atoms with Gasteiger partial charge in [-0.15, -0.1) is 0 Å². The summed E-state index contributed by atoms with van der Waals surface area (Å²) in [4.78, 5) is 29.1. The number of aromatic nitrogens is 3. The molecule has 2 aromatic heterocycles. The summed E-state index contributed by atoms with van der Waals surface area (Å²) in [6.45, 7) is 1.85. The summed E-state index contributed by atoms with van der Waals surface area (Å²) >= 11 is 0. The van der Waals surface area contributed by atoms with Crippen LogP contribution in [0.15, 0.2) is 60.9 Å². The second-order valence-electron chi connectivity index (χ2n) is 7.96. The Labute approximate surface area is 208 Å². The average molecular weight is 515 g/mol. The predicted molar refractivity (Wildman–Crippen MR) is 124 cm³/mol. The van der Waals surface area contributed by atoms with Crippen molar-refractivity contribution in [3.05, 3.63) is 83.4 Å². The van der Waals surface area contributed by atoms with Crippen LogP contribution in [0.25, 0.3) is 16.9 Å². The quantitative estimate of drug-likeness (QED) is 0.163. The molecular formula is C26H21F4N3O4. The van der Waals surface area contributed by atoms with E-state index >= 15 is 0 Å². The smallest absolute Gasteiger partial charge is 0.419 e. The number of Topliss-reactive ketones (excluding diaryl/α,β-unsaturated/α-hetero) is 1. The Morgan fingerprint density at radius 1 is 1.03 bits per heavy atom. The first kappa shape index (κ1) is 25.8. The molecule has 0 unspecified atom stereocenters. The molecule has 0 bridgehead atoms. The molecule has 0 aliphatic rings. The van der Waals surface area contributed by atoms with Crippen LogP contribution in [0.3, 0.4) is 0 Å². The van der Waals surface area contributed by atoms with Gasteiger partial charge in [-0.05, 0) is 30.7 Å². The number of carbonyl (C=O) groups is 2. The fourth-order valence-corrected chi connectivity index (χ4v) is 3.75. The molecule has 0 saturated carbocycles. The number of esters is 1. The van der Waals surface area contributed by atoms with E-state index in [1.165, 1.54) is 16.6 Å². The van der Waals surface area contributed by atoms with E-state index < -0.39 is 29.3 Å². The summed E-state index contributed by atoms with van der Waals surface area (Å²) in [7, 11) is 0. The zero-order chi connectivity index (χ0) is 26.6. The van der Waals surface area contributed by atoms with Gasteiger partial charge < -0.3 is 9.47 Å². The zero-order valence-electron chi connectivity index (χ0n) is 19.6. The van der Waals surface area contributed by atoms with Crippen LogP contribution < -0.4 is 4.74 Å². The Balaban J connectivity index is 1.82. The molecule has 192 valence electrons. The van der Waals surface area contributed by atoms with Crippen LogP contribution in [0.1, 0.15) is 41.3 Å². The number of rotatable bonds is 9. The highest BCUT2D eigenvalue weighted by atomic mass is 19.4. The van der Waals surface area contributed by atoms with E-state index in [0.717, 1.165) is 11.9 Å². The molecule has 0 radical (unpaired) electrons. The summed E-state index contributed by atoms with van der Waals surface area (Å²) in [5.74, 6) is -2.43. The minimum absolute atomic E-state index is 0.0136. The minimum Gasteiger partial charge on any atom is -0.488 e. The van der Waals surface area contributed by atoms with Crippen molar-refractivity contribution in [2.75, 3.05) is 6.61 Å². The van der Waals surface area contributed by atoms with Crippen LogP contribution in [0, 0.1) is 5.82 Å². The molecule has 2 heterocycles. The Morgan fingerprint density at radius 2 is 1.78 bits per heavy atom. The van der Waals surface area contributed by atoms with Crippen molar-refractivity contribution in [3.8, 4) is 17.0 Å².